The SMILES string of the molecule is Ic1ccc(COc2ccc([S+](c3ccc(OCc4ccc(I)cc4)cc3)c3ccc(OCc4ccc(I)cc4)cc3)cc2)cc1. The zero-order valence-electron chi connectivity index (χ0n) is 24.7. The van der Waals surface area contributed by atoms with Crippen LogP contribution >= 0.6 is 67.8 Å². The molecule has 0 aliphatic carbocycles. The molecule has 0 fully saturated rings. The van der Waals surface area contributed by atoms with Crippen molar-refractivity contribution in [2.75, 3.05) is 0 Å². The van der Waals surface area contributed by atoms with Gasteiger partial charge in [-0.25, -0.2) is 0 Å². The van der Waals surface area contributed by atoms with Gasteiger partial charge in [-0.05, 0) is 194 Å². The molecule has 0 aromatic heterocycles. The van der Waals surface area contributed by atoms with Gasteiger partial charge in [-0.2, -0.15) is 0 Å². The van der Waals surface area contributed by atoms with Crippen molar-refractivity contribution in [3.8, 4) is 17.2 Å². The lowest BCUT2D eigenvalue weighted by molar-refractivity contribution is 0.306. The minimum atomic E-state index is -0.336. The van der Waals surface area contributed by atoms with Gasteiger partial charge >= 0.3 is 0 Å². The van der Waals surface area contributed by atoms with Crippen molar-refractivity contribution < 1.29 is 14.2 Å². The number of halogens is 3. The summed E-state index contributed by atoms with van der Waals surface area (Å²) in [7, 11) is -0.336. The summed E-state index contributed by atoms with van der Waals surface area (Å²) in [5.41, 5.74) is 3.45. The minimum absolute atomic E-state index is 0.336. The van der Waals surface area contributed by atoms with E-state index in [-0.39, 0.29) is 10.9 Å². The van der Waals surface area contributed by atoms with Crippen molar-refractivity contribution in [3.63, 3.8) is 0 Å². The summed E-state index contributed by atoms with van der Waals surface area (Å²) in [5, 5.41) is 0. The van der Waals surface area contributed by atoms with Crippen molar-refractivity contribution in [1.29, 1.82) is 0 Å². The lowest BCUT2D eigenvalue weighted by atomic mass is 10.2. The van der Waals surface area contributed by atoms with E-state index in [1.807, 2.05) is 0 Å². The number of ether oxygens (including phenoxy) is 3. The summed E-state index contributed by atoms with van der Waals surface area (Å²) in [4.78, 5) is 3.63. The normalized spacial score (nSPS) is 11.0. The van der Waals surface area contributed by atoms with E-state index in [1.54, 1.807) is 0 Å². The predicted octanol–water partition coefficient (Wildman–Crippen LogP) is 11.3. The topological polar surface area (TPSA) is 27.7 Å². The van der Waals surface area contributed by atoms with Crippen LogP contribution in [0.4, 0.5) is 0 Å². The van der Waals surface area contributed by atoms with Gasteiger partial charge in [0.15, 0.2) is 14.7 Å². The van der Waals surface area contributed by atoms with Gasteiger partial charge in [0.25, 0.3) is 0 Å². The van der Waals surface area contributed by atoms with Crippen molar-refractivity contribution in [2.24, 2.45) is 0 Å². The van der Waals surface area contributed by atoms with Crippen molar-refractivity contribution in [3.05, 3.63) is 173 Å². The Hall–Kier alpha value is -2.74. The monoisotopic (exact) mass is 959 g/mol. The predicted molar refractivity (Wildman–Crippen MR) is 212 cm³/mol. The summed E-state index contributed by atoms with van der Waals surface area (Å²) < 4.78 is 22.0. The average molecular weight is 959 g/mol. The molecule has 7 heteroatoms. The third-order valence-electron chi connectivity index (χ3n) is 7.13. The fourth-order valence-corrected chi connectivity index (χ4v) is 7.79. The quantitative estimate of drug-likeness (QED) is 0.0904. The summed E-state index contributed by atoms with van der Waals surface area (Å²) in [5.74, 6) is 2.55. The summed E-state index contributed by atoms with van der Waals surface area (Å²) in [6.45, 7) is 1.61. The average Bonchev–Trinajstić information content (AvgIpc) is 3.09. The Morgan fingerprint density at radius 2 is 0.565 bits per heavy atom. The van der Waals surface area contributed by atoms with E-state index in [4.69, 9.17) is 14.2 Å². The van der Waals surface area contributed by atoms with Crippen molar-refractivity contribution in [2.45, 2.75) is 34.5 Å². The highest BCUT2D eigenvalue weighted by Crippen LogP contribution is 2.34. The second kappa shape index (κ2) is 16.4. The first-order chi connectivity index (χ1) is 22.5. The van der Waals surface area contributed by atoms with Crippen LogP contribution in [0.25, 0.3) is 0 Å². The lowest BCUT2D eigenvalue weighted by Crippen LogP contribution is -2.05. The Labute approximate surface area is 314 Å². The molecule has 0 saturated carbocycles. The zero-order chi connectivity index (χ0) is 31.7. The molecule has 0 unspecified atom stereocenters. The first-order valence-electron chi connectivity index (χ1n) is 14.6. The van der Waals surface area contributed by atoms with Gasteiger partial charge in [-0.1, -0.05) is 36.4 Å². The molecule has 0 spiro atoms. The van der Waals surface area contributed by atoms with Crippen LogP contribution in [0.2, 0.25) is 0 Å². The molecule has 0 saturated heterocycles. The second-order valence-corrected chi connectivity index (χ2v) is 16.2. The van der Waals surface area contributed by atoms with Crippen LogP contribution in [0.15, 0.2) is 160 Å². The Kier molecular flexibility index (Phi) is 11.8. The largest absolute Gasteiger partial charge is 0.489 e. The first-order valence-corrected chi connectivity index (χ1v) is 19.1. The number of rotatable bonds is 12. The van der Waals surface area contributed by atoms with Crippen LogP contribution < -0.4 is 14.2 Å². The first kappa shape index (κ1) is 33.2. The highest BCUT2D eigenvalue weighted by atomic mass is 127. The number of benzene rings is 6. The molecule has 0 radical (unpaired) electrons. The molecule has 0 atom stereocenters. The molecule has 6 aromatic carbocycles. The molecule has 6 rings (SSSR count). The van der Waals surface area contributed by atoms with Gasteiger partial charge in [-0.3, -0.25) is 0 Å². The van der Waals surface area contributed by atoms with Crippen molar-refractivity contribution in [1.82, 2.24) is 0 Å². The highest BCUT2D eigenvalue weighted by Gasteiger charge is 2.29. The Morgan fingerprint density at radius 3 is 0.804 bits per heavy atom. The molecule has 0 aliphatic heterocycles. The van der Waals surface area contributed by atoms with Gasteiger partial charge in [-0.15, -0.1) is 0 Å². The Bertz CT molecular complexity index is 1600. The molecule has 0 bridgehead atoms. The molecule has 3 nitrogen and oxygen atoms in total. The summed E-state index contributed by atoms with van der Waals surface area (Å²) in [6.07, 6.45) is 0. The second-order valence-electron chi connectivity index (χ2n) is 10.5. The highest BCUT2D eigenvalue weighted by molar-refractivity contribution is 14.1. The zero-order valence-corrected chi connectivity index (χ0v) is 32.0. The van der Waals surface area contributed by atoms with Gasteiger partial charge in [0, 0.05) is 10.7 Å². The molecule has 46 heavy (non-hydrogen) atoms. The van der Waals surface area contributed by atoms with Gasteiger partial charge < -0.3 is 14.2 Å². The van der Waals surface area contributed by atoms with Gasteiger partial charge in [0.05, 0.1) is 10.9 Å². The number of hydrogen-bond acceptors (Lipinski definition) is 3. The van der Waals surface area contributed by atoms with E-state index < -0.39 is 0 Å². The van der Waals surface area contributed by atoms with Crippen LogP contribution in [0.1, 0.15) is 16.7 Å². The fraction of sp³-hybridized carbons (Fsp3) is 0.0769. The van der Waals surface area contributed by atoms with E-state index in [2.05, 4.69) is 213 Å². The van der Waals surface area contributed by atoms with Crippen molar-refractivity contribution >= 4 is 78.7 Å². The maximum Gasteiger partial charge on any atom is 0.166 e. The van der Waals surface area contributed by atoms with Crippen LogP contribution in [-0.4, -0.2) is 0 Å². The van der Waals surface area contributed by atoms with E-state index in [1.165, 1.54) is 25.4 Å². The fourth-order valence-electron chi connectivity index (χ4n) is 4.67. The van der Waals surface area contributed by atoms with E-state index in [0.717, 1.165) is 33.9 Å². The van der Waals surface area contributed by atoms with Crippen LogP contribution in [0.3, 0.4) is 0 Å². The smallest absolute Gasteiger partial charge is 0.166 e. The van der Waals surface area contributed by atoms with E-state index in [9.17, 15) is 0 Å². The molecule has 0 amide bonds. The van der Waals surface area contributed by atoms with E-state index in [0.29, 0.717) is 19.8 Å². The molecule has 230 valence electrons. The molecular formula is C39H30I3O3S+. The molecule has 0 heterocycles. The Morgan fingerprint density at radius 1 is 0.326 bits per heavy atom. The third kappa shape index (κ3) is 9.42. The van der Waals surface area contributed by atoms with Crippen LogP contribution in [-0.2, 0) is 30.7 Å². The summed E-state index contributed by atoms with van der Waals surface area (Å²) in [6, 6.07) is 50.7. The van der Waals surface area contributed by atoms with E-state index >= 15 is 0 Å². The Balaban J connectivity index is 1.19. The maximum absolute atomic E-state index is 6.12. The molecule has 6 aromatic rings. The minimum Gasteiger partial charge on any atom is -0.489 e. The van der Waals surface area contributed by atoms with Gasteiger partial charge in [0.1, 0.15) is 37.1 Å². The maximum atomic E-state index is 6.12. The summed E-state index contributed by atoms with van der Waals surface area (Å²) >= 11 is 6.96. The van der Waals surface area contributed by atoms with Gasteiger partial charge in [0.2, 0.25) is 0 Å². The van der Waals surface area contributed by atoms with Crippen LogP contribution in [0.5, 0.6) is 17.2 Å². The molecule has 0 aliphatic rings. The lowest BCUT2D eigenvalue weighted by Gasteiger charge is -2.12. The number of hydrogen-bond donors (Lipinski definition) is 0. The van der Waals surface area contributed by atoms with Crippen LogP contribution in [0, 0.1) is 10.7 Å². The third-order valence-corrected chi connectivity index (χ3v) is 11.5. The standard InChI is InChI=1S/C39H30I3O3S/c40-31-7-1-28(2-8-31)25-43-34-13-19-37(20-14-34)46(38-21-15-35(16-22-38)44-26-29-3-9-32(41)10-4-29)39-23-17-36(18-24-39)45-27-30-5-11-33(42)12-6-30/h1-24H,25-27H2/q+1. The molecular weight excluding hydrogens is 929 g/mol. The molecule has 0 N–H and O–H groups in total.